The fraction of sp³-hybridized carbons (Fsp3) is 0.182. The molecule has 0 spiro atoms. The van der Waals surface area contributed by atoms with Gasteiger partial charge in [0.1, 0.15) is 5.56 Å². The van der Waals surface area contributed by atoms with E-state index in [4.69, 9.17) is 9.47 Å². The molecule has 0 fully saturated rings. The Balaban J connectivity index is 1.69. The van der Waals surface area contributed by atoms with Crippen LogP contribution >= 0.6 is 0 Å². The third kappa shape index (κ3) is 4.38. The number of aryl methyl sites for hydroxylation is 1. The average molecular weight is 407 g/mol. The van der Waals surface area contributed by atoms with Gasteiger partial charge in [-0.2, -0.15) is 5.10 Å². The molecule has 0 saturated carbocycles. The zero-order valence-corrected chi connectivity index (χ0v) is 16.8. The molecule has 1 N–H and O–H groups in total. The number of hydrogen-bond donors (Lipinski definition) is 1. The number of ether oxygens (including phenoxy) is 2. The number of para-hydroxylation sites is 2. The van der Waals surface area contributed by atoms with E-state index in [1.807, 2.05) is 30.3 Å². The molecule has 0 aliphatic heterocycles. The highest BCUT2D eigenvalue weighted by atomic mass is 16.5. The lowest BCUT2D eigenvalue weighted by Crippen LogP contribution is -2.22. The highest BCUT2D eigenvalue weighted by molar-refractivity contribution is 6.02. The van der Waals surface area contributed by atoms with Crippen molar-refractivity contribution >= 4 is 23.5 Å². The Hall–Kier alpha value is -3.94. The number of carbonyl (C=O) groups is 3. The van der Waals surface area contributed by atoms with Gasteiger partial charge in [0.2, 0.25) is 0 Å². The molecule has 0 atom stereocenters. The van der Waals surface area contributed by atoms with Crippen molar-refractivity contribution in [2.24, 2.45) is 0 Å². The summed E-state index contributed by atoms with van der Waals surface area (Å²) < 4.78 is 11.5. The highest BCUT2D eigenvalue weighted by Crippen LogP contribution is 2.19. The summed E-state index contributed by atoms with van der Waals surface area (Å²) in [5, 5.41) is 6.96. The number of hydrogen-bond acceptors (Lipinski definition) is 6. The summed E-state index contributed by atoms with van der Waals surface area (Å²) in [4.78, 5) is 36.6. The van der Waals surface area contributed by atoms with Crippen molar-refractivity contribution in [1.82, 2.24) is 9.78 Å². The maximum absolute atomic E-state index is 12.6. The lowest BCUT2D eigenvalue weighted by Gasteiger charge is -2.10. The highest BCUT2D eigenvalue weighted by Gasteiger charge is 2.22. The Labute approximate surface area is 173 Å². The SMILES string of the molecule is COC(=O)c1ccccc1NC(=O)COC(=O)c1c(C)nn(-c2ccccc2)c1C. The third-order valence-corrected chi connectivity index (χ3v) is 4.44. The quantitative estimate of drug-likeness (QED) is 0.631. The number of carbonyl (C=O) groups excluding carboxylic acids is 3. The lowest BCUT2D eigenvalue weighted by molar-refractivity contribution is -0.119. The second kappa shape index (κ2) is 9.04. The fourth-order valence-corrected chi connectivity index (χ4v) is 3.03. The third-order valence-electron chi connectivity index (χ3n) is 4.44. The Morgan fingerprint density at radius 2 is 1.63 bits per heavy atom. The standard InChI is InChI=1S/C22H21N3O5/c1-14-20(15(2)25(24-14)16-9-5-4-6-10-16)22(28)30-13-19(26)23-18-12-8-7-11-17(18)21(27)29-3/h4-12H,13H2,1-3H3,(H,23,26). The van der Waals surface area contributed by atoms with E-state index in [-0.39, 0.29) is 11.3 Å². The van der Waals surface area contributed by atoms with Gasteiger partial charge in [-0.25, -0.2) is 14.3 Å². The fourth-order valence-electron chi connectivity index (χ4n) is 3.03. The van der Waals surface area contributed by atoms with Crippen molar-refractivity contribution in [1.29, 1.82) is 0 Å². The zero-order valence-electron chi connectivity index (χ0n) is 16.8. The van der Waals surface area contributed by atoms with Gasteiger partial charge < -0.3 is 14.8 Å². The van der Waals surface area contributed by atoms with Gasteiger partial charge in [0.25, 0.3) is 5.91 Å². The molecule has 8 nitrogen and oxygen atoms in total. The second-order valence-corrected chi connectivity index (χ2v) is 6.45. The Morgan fingerprint density at radius 1 is 0.967 bits per heavy atom. The normalized spacial score (nSPS) is 10.4. The Bertz CT molecular complexity index is 1090. The average Bonchev–Trinajstić information content (AvgIpc) is 3.06. The summed E-state index contributed by atoms with van der Waals surface area (Å²) in [6.45, 7) is 2.95. The summed E-state index contributed by atoms with van der Waals surface area (Å²) >= 11 is 0. The summed E-state index contributed by atoms with van der Waals surface area (Å²) in [6, 6.07) is 15.8. The Kier molecular flexibility index (Phi) is 6.26. The Morgan fingerprint density at radius 3 is 2.33 bits per heavy atom. The van der Waals surface area contributed by atoms with Gasteiger partial charge in [-0.3, -0.25) is 4.79 Å². The molecule has 30 heavy (non-hydrogen) atoms. The molecule has 1 heterocycles. The van der Waals surface area contributed by atoms with Crippen LogP contribution < -0.4 is 5.32 Å². The van der Waals surface area contributed by atoms with Crippen molar-refractivity contribution in [2.45, 2.75) is 13.8 Å². The van der Waals surface area contributed by atoms with Crippen LogP contribution in [0.15, 0.2) is 54.6 Å². The molecular formula is C22H21N3O5. The van der Waals surface area contributed by atoms with Crippen LogP contribution in [-0.4, -0.2) is 41.3 Å². The first-order chi connectivity index (χ1) is 14.4. The number of nitrogens with one attached hydrogen (secondary N) is 1. The van der Waals surface area contributed by atoms with E-state index < -0.39 is 24.5 Å². The van der Waals surface area contributed by atoms with Crippen molar-refractivity contribution in [2.75, 3.05) is 19.0 Å². The summed E-state index contributed by atoms with van der Waals surface area (Å²) in [5.74, 6) is -1.81. The number of methoxy groups -OCH3 is 1. The van der Waals surface area contributed by atoms with Crippen LogP contribution in [0.2, 0.25) is 0 Å². The van der Waals surface area contributed by atoms with Gasteiger partial charge in [-0.15, -0.1) is 0 Å². The molecule has 0 aliphatic rings. The van der Waals surface area contributed by atoms with Crippen molar-refractivity contribution in [3.05, 3.63) is 77.1 Å². The molecular weight excluding hydrogens is 386 g/mol. The van der Waals surface area contributed by atoms with Gasteiger partial charge in [0.05, 0.1) is 35.4 Å². The van der Waals surface area contributed by atoms with Gasteiger partial charge in [0, 0.05) is 0 Å². The van der Waals surface area contributed by atoms with Gasteiger partial charge >= 0.3 is 11.9 Å². The van der Waals surface area contributed by atoms with E-state index in [0.717, 1.165) is 5.69 Å². The van der Waals surface area contributed by atoms with Gasteiger partial charge in [-0.05, 0) is 38.1 Å². The summed E-state index contributed by atoms with van der Waals surface area (Å²) in [5.41, 5.74) is 2.71. The summed E-state index contributed by atoms with van der Waals surface area (Å²) in [7, 11) is 1.25. The molecule has 0 radical (unpaired) electrons. The minimum absolute atomic E-state index is 0.204. The van der Waals surface area contributed by atoms with Crippen molar-refractivity contribution < 1.29 is 23.9 Å². The van der Waals surface area contributed by atoms with E-state index >= 15 is 0 Å². The predicted octanol–water partition coefficient (Wildman–Crippen LogP) is 3.07. The van der Waals surface area contributed by atoms with E-state index in [2.05, 4.69) is 10.4 Å². The minimum atomic E-state index is -0.649. The maximum Gasteiger partial charge on any atom is 0.342 e. The number of amides is 1. The summed E-state index contributed by atoms with van der Waals surface area (Å²) in [6.07, 6.45) is 0. The van der Waals surface area contributed by atoms with E-state index in [9.17, 15) is 14.4 Å². The number of benzene rings is 2. The van der Waals surface area contributed by atoms with Crippen LogP contribution in [0.25, 0.3) is 5.69 Å². The molecule has 0 unspecified atom stereocenters. The van der Waals surface area contributed by atoms with E-state index in [1.54, 1.807) is 36.7 Å². The number of nitrogens with zero attached hydrogens (tertiary/aromatic N) is 2. The van der Waals surface area contributed by atoms with Crippen molar-refractivity contribution in [3.8, 4) is 5.69 Å². The first-order valence-electron chi connectivity index (χ1n) is 9.18. The van der Waals surface area contributed by atoms with Crippen LogP contribution in [0.4, 0.5) is 5.69 Å². The molecule has 154 valence electrons. The molecule has 0 saturated heterocycles. The first-order valence-corrected chi connectivity index (χ1v) is 9.18. The smallest absolute Gasteiger partial charge is 0.342 e. The molecule has 0 bridgehead atoms. The topological polar surface area (TPSA) is 99.5 Å². The van der Waals surface area contributed by atoms with Crippen LogP contribution in [-0.2, 0) is 14.3 Å². The molecule has 1 aromatic heterocycles. The van der Waals surface area contributed by atoms with Crippen LogP contribution in [0.3, 0.4) is 0 Å². The predicted molar refractivity (Wildman–Crippen MR) is 110 cm³/mol. The molecule has 3 rings (SSSR count). The van der Waals surface area contributed by atoms with Crippen LogP contribution in [0, 0.1) is 13.8 Å². The van der Waals surface area contributed by atoms with Crippen LogP contribution in [0.5, 0.6) is 0 Å². The molecule has 3 aromatic rings. The number of rotatable bonds is 6. The molecule has 0 aliphatic carbocycles. The van der Waals surface area contributed by atoms with Gasteiger partial charge in [0.15, 0.2) is 6.61 Å². The molecule has 2 aromatic carbocycles. The molecule has 1 amide bonds. The van der Waals surface area contributed by atoms with Gasteiger partial charge in [-0.1, -0.05) is 30.3 Å². The van der Waals surface area contributed by atoms with E-state index in [1.165, 1.54) is 13.2 Å². The second-order valence-electron chi connectivity index (χ2n) is 6.45. The molecule has 8 heteroatoms. The largest absolute Gasteiger partial charge is 0.465 e. The monoisotopic (exact) mass is 407 g/mol. The zero-order chi connectivity index (χ0) is 21.7. The maximum atomic E-state index is 12.6. The van der Waals surface area contributed by atoms with Crippen molar-refractivity contribution in [3.63, 3.8) is 0 Å². The number of esters is 2. The first kappa shape index (κ1) is 20.8. The van der Waals surface area contributed by atoms with Crippen LogP contribution in [0.1, 0.15) is 32.1 Å². The number of anilines is 1. The lowest BCUT2D eigenvalue weighted by atomic mass is 10.2. The number of aromatic nitrogens is 2. The van der Waals surface area contributed by atoms with E-state index in [0.29, 0.717) is 17.0 Å². The minimum Gasteiger partial charge on any atom is -0.465 e.